The standard InChI is InChI=1S/C9H17NO4S/c1-7(5-9(11)12)10-6-8-3-2-4-15(8,13)14/h7-8,10H,2-6H2,1H3,(H,11,12). The Kier molecular flexibility index (Phi) is 4.10. The van der Waals surface area contributed by atoms with E-state index in [0.29, 0.717) is 13.0 Å². The predicted molar refractivity (Wildman–Crippen MR) is 56.5 cm³/mol. The molecule has 0 saturated carbocycles. The van der Waals surface area contributed by atoms with Crippen molar-refractivity contribution in [3.8, 4) is 0 Å². The highest BCUT2D eigenvalue weighted by Crippen LogP contribution is 2.19. The Bertz CT molecular complexity index is 325. The van der Waals surface area contributed by atoms with E-state index < -0.39 is 15.8 Å². The summed E-state index contributed by atoms with van der Waals surface area (Å²) in [5.74, 6) is -0.601. The fraction of sp³-hybridized carbons (Fsp3) is 0.889. The van der Waals surface area contributed by atoms with Crippen molar-refractivity contribution >= 4 is 15.8 Å². The molecule has 0 aromatic rings. The molecular weight excluding hydrogens is 218 g/mol. The van der Waals surface area contributed by atoms with Gasteiger partial charge in [0.15, 0.2) is 9.84 Å². The highest BCUT2D eigenvalue weighted by Gasteiger charge is 2.31. The quantitative estimate of drug-likeness (QED) is 0.701. The molecule has 88 valence electrons. The lowest BCUT2D eigenvalue weighted by Crippen LogP contribution is -2.37. The highest BCUT2D eigenvalue weighted by atomic mass is 32.2. The van der Waals surface area contributed by atoms with Gasteiger partial charge in [-0.1, -0.05) is 0 Å². The Morgan fingerprint density at radius 3 is 2.73 bits per heavy atom. The summed E-state index contributed by atoms with van der Waals surface area (Å²) in [6, 6.07) is -0.182. The number of carboxylic acids is 1. The van der Waals surface area contributed by atoms with E-state index in [1.807, 2.05) is 0 Å². The van der Waals surface area contributed by atoms with Crippen LogP contribution in [0.5, 0.6) is 0 Å². The molecule has 1 fully saturated rings. The second kappa shape index (κ2) is 4.94. The monoisotopic (exact) mass is 235 g/mol. The van der Waals surface area contributed by atoms with E-state index in [-0.39, 0.29) is 23.5 Å². The number of rotatable bonds is 5. The van der Waals surface area contributed by atoms with Crippen LogP contribution < -0.4 is 5.32 Å². The molecular formula is C9H17NO4S. The van der Waals surface area contributed by atoms with E-state index in [1.54, 1.807) is 6.92 Å². The molecule has 0 amide bonds. The normalized spacial score (nSPS) is 26.3. The third-order valence-electron chi connectivity index (χ3n) is 2.64. The average Bonchev–Trinajstić information content (AvgIpc) is 2.40. The molecule has 0 radical (unpaired) electrons. The van der Waals surface area contributed by atoms with Gasteiger partial charge < -0.3 is 10.4 Å². The topological polar surface area (TPSA) is 83.5 Å². The third-order valence-corrected chi connectivity index (χ3v) is 4.91. The maximum atomic E-state index is 11.4. The van der Waals surface area contributed by atoms with Gasteiger partial charge in [0.05, 0.1) is 17.4 Å². The molecule has 0 spiro atoms. The van der Waals surface area contributed by atoms with Crippen LogP contribution in [0.3, 0.4) is 0 Å². The molecule has 1 saturated heterocycles. The third kappa shape index (κ3) is 3.79. The lowest BCUT2D eigenvalue weighted by atomic mass is 10.2. The summed E-state index contributed by atoms with van der Waals surface area (Å²) in [6.07, 6.45) is 1.43. The van der Waals surface area contributed by atoms with Crippen molar-refractivity contribution < 1.29 is 18.3 Å². The van der Waals surface area contributed by atoms with Gasteiger partial charge in [-0.2, -0.15) is 0 Å². The Labute approximate surface area is 89.8 Å². The maximum absolute atomic E-state index is 11.4. The van der Waals surface area contributed by atoms with Crippen LogP contribution in [0.4, 0.5) is 0 Å². The second-order valence-corrected chi connectivity index (χ2v) is 6.44. The molecule has 1 rings (SSSR count). The number of nitrogens with one attached hydrogen (secondary N) is 1. The van der Waals surface area contributed by atoms with Crippen LogP contribution in [0.2, 0.25) is 0 Å². The van der Waals surface area contributed by atoms with Crippen LogP contribution in [-0.4, -0.2) is 43.1 Å². The molecule has 6 heteroatoms. The summed E-state index contributed by atoms with van der Waals surface area (Å²) in [5.41, 5.74) is 0. The summed E-state index contributed by atoms with van der Waals surface area (Å²) in [7, 11) is -2.92. The fourth-order valence-electron chi connectivity index (χ4n) is 1.75. The SMILES string of the molecule is CC(CC(=O)O)NCC1CCCS1(=O)=O. The zero-order valence-corrected chi connectivity index (χ0v) is 9.59. The molecule has 5 nitrogen and oxygen atoms in total. The van der Waals surface area contributed by atoms with E-state index in [9.17, 15) is 13.2 Å². The smallest absolute Gasteiger partial charge is 0.304 e. The minimum absolute atomic E-state index is 0.0206. The van der Waals surface area contributed by atoms with Crippen LogP contribution >= 0.6 is 0 Å². The molecule has 2 N–H and O–H groups in total. The molecule has 0 bridgehead atoms. The van der Waals surface area contributed by atoms with Crippen molar-refractivity contribution in [2.24, 2.45) is 0 Å². The minimum atomic E-state index is -2.92. The summed E-state index contributed by atoms with van der Waals surface area (Å²) >= 11 is 0. The maximum Gasteiger partial charge on any atom is 0.304 e. The van der Waals surface area contributed by atoms with Crippen molar-refractivity contribution in [2.45, 2.75) is 37.5 Å². The van der Waals surface area contributed by atoms with Crippen molar-refractivity contribution in [3.05, 3.63) is 0 Å². The summed E-state index contributed by atoms with van der Waals surface area (Å²) in [6.45, 7) is 2.12. The number of sulfone groups is 1. The molecule has 1 aliphatic heterocycles. The molecule has 15 heavy (non-hydrogen) atoms. The summed E-state index contributed by atoms with van der Waals surface area (Å²) < 4.78 is 22.9. The first-order valence-corrected chi connectivity index (χ1v) is 6.80. The molecule has 1 aliphatic rings. The average molecular weight is 235 g/mol. The predicted octanol–water partition coefficient (Wildman–Crippen LogP) is 0.0164. The highest BCUT2D eigenvalue weighted by molar-refractivity contribution is 7.92. The zero-order valence-electron chi connectivity index (χ0n) is 8.77. The van der Waals surface area contributed by atoms with E-state index in [2.05, 4.69) is 5.32 Å². The molecule has 0 aliphatic carbocycles. The number of aliphatic carboxylic acids is 1. The fourth-order valence-corrected chi connectivity index (χ4v) is 3.53. The van der Waals surface area contributed by atoms with Gasteiger partial charge in [0, 0.05) is 12.6 Å². The minimum Gasteiger partial charge on any atom is -0.481 e. The van der Waals surface area contributed by atoms with Crippen molar-refractivity contribution in [1.29, 1.82) is 0 Å². The number of hydrogen-bond acceptors (Lipinski definition) is 4. The largest absolute Gasteiger partial charge is 0.481 e. The Morgan fingerprint density at radius 2 is 2.27 bits per heavy atom. The van der Waals surface area contributed by atoms with E-state index in [0.717, 1.165) is 6.42 Å². The first-order valence-electron chi connectivity index (χ1n) is 5.08. The summed E-state index contributed by atoms with van der Waals surface area (Å²) in [5, 5.41) is 11.1. The van der Waals surface area contributed by atoms with Gasteiger partial charge in [0.25, 0.3) is 0 Å². The van der Waals surface area contributed by atoms with E-state index in [4.69, 9.17) is 5.11 Å². The molecule has 0 aromatic carbocycles. The van der Waals surface area contributed by atoms with Gasteiger partial charge in [-0.15, -0.1) is 0 Å². The lowest BCUT2D eigenvalue weighted by Gasteiger charge is -2.15. The lowest BCUT2D eigenvalue weighted by molar-refractivity contribution is -0.137. The van der Waals surface area contributed by atoms with Gasteiger partial charge >= 0.3 is 5.97 Å². The van der Waals surface area contributed by atoms with E-state index >= 15 is 0 Å². The number of carbonyl (C=O) groups is 1. The van der Waals surface area contributed by atoms with E-state index in [1.165, 1.54) is 0 Å². The first kappa shape index (κ1) is 12.4. The van der Waals surface area contributed by atoms with Gasteiger partial charge in [-0.25, -0.2) is 8.42 Å². The molecule has 2 atom stereocenters. The van der Waals surface area contributed by atoms with Crippen molar-refractivity contribution in [3.63, 3.8) is 0 Å². The van der Waals surface area contributed by atoms with Gasteiger partial charge in [-0.05, 0) is 19.8 Å². The van der Waals surface area contributed by atoms with Crippen LogP contribution in [0.25, 0.3) is 0 Å². The molecule has 0 aromatic heterocycles. The second-order valence-electron chi connectivity index (χ2n) is 4.04. The zero-order chi connectivity index (χ0) is 11.5. The van der Waals surface area contributed by atoms with Gasteiger partial charge in [0.2, 0.25) is 0 Å². The number of carboxylic acid groups (broad SMARTS) is 1. The Hall–Kier alpha value is -0.620. The van der Waals surface area contributed by atoms with Gasteiger partial charge in [0.1, 0.15) is 0 Å². The van der Waals surface area contributed by atoms with Crippen molar-refractivity contribution in [1.82, 2.24) is 5.32 Å². The van der Waals surface area contributed by atoms with Crippen LogP contribution in [0, 0.1) is 0 Å². The molecule has 2 unspecified atom stereocenters. The summed E-state index contributed by atoms with van der Waals surface area (Å²) in [4.78, 5) is 10.4. The Balaban J connectivity index is 2.34. The first-order chi connectivity index (χ1) is 6.92. The van der Waals surface area contributed by atoms with Crippen LogP contribution in [-0.2, 0) is 14.6 Å². The van der Waals surface area contributed by atoms with Crippen LogP contribution in [0.1, 0.15) is 26.2 Å². The Morgan fingerprint density at radius 1 is 1.60 bits per heavy atom. The molecule has 1 heterocycles. The van der Waals surface area contributed by atoms with Crippen molar-refractivity contribution in [2.75, 3.05) is 12.3 Å². The number of hydrogen-bond donors (Lipinski definition) is 2. The van der Waals surface area contributed by atoms with Crippen LogP contribution in [0.15, 0.2) is 0 Å². The van der Waals surface area contributed by atoms with Gasteiger partial charge in [-0.3, -0.25) is 4.79 Å².